The van der Waals surface area contributed by atoms with Crippen molar-refractivity contribution in [2.45, 2.75) is 33.2 Å². The fourth-order valence-electron chi connectivity index (χ4n) is 2.44. The van der Waals surface area contributed by atoms with Crippen molar-refractivity contribution in [1.29, 1.82) is 0 Å². The summed E-state index contributed by atoms with van der Waals surface area (Å²) >= 11 is 0. The number of aryl methyl sites for hydroxylation is 1. The van der Waals surface area contributed by atoms with E-state index < -0.39 is 0 Å². The standard InChI is InChI=1S/C16H23N3O/c1-11(2)7-14(17)15-9-18-10-19(15)13-5-6-16(20-4)12(3)8-13/h5-6,8-11,14H,7,17H2,1-4H3. The summed E-state index contributed by atoms with van der Waals surface area (Å²) in [5.74, 6) is 1.45. The Labute approximate surface area is 120 Å². The normalized spacial score (nSPS) is 12.7. The molecule has 108 valence electrons. The van der Waals surface area contributed by atoms with E-state index in [0.29, 0.717) is 5.92 Å². The Hall–Kier alpha value is -1.81. The lowest BCUT2D eigenvalue weighted by Gasteiger charge is -2.17. The van der Waals surface area contributed by atoms with Gasteiger partial charge in [0.1, 0.15) is 5.75 Å². The average molecular weight is 273 g/mol. The van der Waals surface area contributed by atoms with Crippen molar-refractivity contribution in [3.8, 4) is 11.4 Å². The number of aromatic nitrogens is 2. The molecule has 1 aromatic heterocycles. The highest BCUT2D eigenvalue weighted by atomic mass is 16.5. The first kappa shape index (κ1) is 14.6. The van der Waals surface area contributed by atoms with Gasteiger partial charge in [-0.1, -0.05) is 13.8 Å². The monoisotopic (exact) mass is 273 g/mol. The van der Waals surface area contributed by atoms with Crippen molar-refractivity contribution in [1.82, 2.24) is 9.55 Å². The number of nitrogens with two attached hydrogens (primary N) is 1. The Morgan fingerprint density at radius 2 is 2.10 bits per heavy atom. The van der Waals surface area contributed by atoms with Gasteiger partial charge in [0.15, 0.2) is 0 Å². The quantitative estimate of drug-likeness (QED) is 0.910. The van der Waals surface area contributed by atoms with Crippen LogP contribution in [-0.4, -0.2) is 16.7 Å². The molecular weight excluding hydrogens is 250 g/mol. The van der Waals surface area contributed by atoms with Gasteiger partial charge in [0.2, 0.25) is 0 Å². The number of ether oxygens (including phenoxy) is 1. The minimum atomic E-state index is -0.0000854. The molecule has 0 aliphatic rings. The second-order valence-electron chi connectivity index (χ2n) is 5.58. The second kappa shape index (κ2) is 6.09. The Kier molecular flexibility index (Phi) is 4.45. The first-order chi connectivity index (χ1) is 9.52. The Bertz CT molecular complexity index is 575. The highest BCUT2D eigenvalue weighted by Gasteiger charge is 2.14. The molecule has 1 heterocycles. The number of rotatable bonds is 5. The summed E-state index contributed by atoms with van der Waals surface area (Å²) in [6, 6.07) is 6.09. The van der Waals surface area contributed by atoms with Crippen LogP contribution in [0.25, 0.3) is 5.69 Å². The molecule has 0 saturated heterocycles. The summed E-state index contributed by atoms with van der Waals surface area (Å²) in [4.78, 5) is 4.25. The molecule has 0 bridgehead atoms. The molecule has 2 aromatic rings. The molecule has 0 fully saturated rings. The second-order valence-corrected chi connectivity index (χ2v) is 5.58. The van der Waals surface area contributed by atoms with Crippen LogP contribution in [0, 0.1) is 12.8 Å². The van der Waals surface area contributed by atoms with E-state index in [1.165, 1.54) is 0 Å². The van der Waals surface area contributed by atoms with Crippen LogP contribution in [0.15, 0.2) is 30.7 Å². The largest absolute Gasteiger partial charge is 0.496 e. The summed E-state index contributed by atoms with van der Waals surface area (Å²) < 4.78 is 7.35. The number of benzene rings is 1. The third-order valence-electron chi connectivity index (χ3n) is 3.43. The Morgan fingerprint density at radius 1 is 1.35 bits per heavy atom. The van der Waals surface area contributed by atoms with Gasteiger partial charge in [-0.05, 0) is 43.0 Å². The maximum absolute atomic E-state index is 6.29. The van der Waals surface area contributed by atoms with Gasteiger partial charge >= 0.3 is 0 Å². The van der Waals surface area contributed by atoms with Crippen LogP contribution in [0.1, 0.15) is 37.6 Å². The Balaban J connectivity index is 2.34. The molecule has 1 atom stereocenters. The third-order valence-corrected chi connectivity index (χ3v) is 3.43. The van der Waals surface area contributed by atoms with Crippen molar-refractivity contribution in [2.75, 3.05) is 7.11 Å². The van der Waals surface area contributed by atoms with Crippen LogP contribution < -0.4 is 10.5 Å². The fourth-order valence-corrected chi connectivity index (χ4v) is 2.44. The van der Waals surface area contributed by atoms with Crippen molar-refractivity contribution >= 4 is 0 Å². The zero-order valence-electron chi connectivity index (χ0n) is 12.6. The van der Waals surface area contributed by atoms with Crippen molar-refractivity contribution in [2.24, 2.45) is 11.7 Å². The lowest BCUT2D eigenvalue weighted by atomic mass is 10.0. The molecule has 2 rings (SSSR count). The summed E-state index contributed by atoms with van der Waals surface area (Å²) in [6.45, 7) is 6.39. The zero-order valence-corrected chi connectivity index (χ0v) is 12.6. The topological polar surface area (TPSA) is 53.1 Å². The molecule has 4 nitrogen and oxygen atoms in total. The van der Waals surface area contributed by atoms with Crippen LogP contribution in [-0.2, 0) is 0 Å². The maximum atomic E-state index is 6.29. The first-order valence-electron chi connectivity index (χ1n) is 6.95. The molecule has 20 heavy (non-hydrogen) atoms. The third kappa shape index (κ3) is 3.02. The van der Waals surface area contributed by atoms with E-state index in [4.69, 9.17) is 10.5 Å². The first-order valence-corrected chi connectivity index (χ1v) is 6.95. The van der Waals surface area contributed by atoms with Crippen molar-refractivity contribution in [3.63, 3.8) is 0 Å². The Morgan fingerprint density at radius 3 is 2.70 bits per heavy atom. The molecule has 0 saturated carbocycles. The smallest absolute Gasteiger partial charge is 0.121 e. The number of hydrogen-bond donors (Lipinski definition) is 1. The van der Waals surface area contributed by atoms with Crippen LogP contribution >= 0.6 is 0 Å². The molecule has 0 spiro atoms. The van der Waals surface area contributed by atoms with Gasteiger partial charge < -0.3 is 15.0 Å². The summed E-state index contributed by atoms with van der Waals surface area (Å²) in [6.07, 6.45) is 4.62. The molecule has 4 heteroatoms. The predicted molar refractivity (Wildman–Crippen MR) is 81.2 cm³/mol. The summed E-state index contributed by atoms with van der Waals surface area (Å²) in [5.41, 5.74) is 9.50. The molecule has 0 amide bonds. The summed E-state index contributed by atoms with van der Waals surface area (Å²) in [7, 11) is 1.68. The SMILES string of the molecule is COc1ccc(-n2cncc2C(N)CC(C)C)cc1C. The summed E-state index contributed by atoms with van der Waals surface area (Å²) in [5, 5.41) is 0. The molecule has 1 unspecified atom stereocenters. The lowest BCUT2D eigenvalue weighted by Crippen LogP contribution is -2.16. The van der Waals surface area contributed by atoms with E-state index in [1.54, 1.807) is 7.11 Å². The van der Waals surface area contributed by atoms with E-state index in [9.17, 15) is 0 Å². The zero-order chi connectivity index (χ0) is 14.7. The van der Waals surface area contributed by atoms with Crippen LogP contribution in [0.3, 0.4) is 0 Å². The minimum Gasteiger partial charge on any atom is -0.496 e. The molecule has 1 aromatic carbocycles. The molecule has 2 N–H and O–H groups in total. The van der Waals surface area contributed by atoms with Crippen molar-refractivity contribution < 1.29 is 4.74 Å². The van der Waals surface area contributed by atoms with E-state index in [0.717, 1.165) is 29.1 Å². The predicted octanol–water partition coefficient (Wildman–Crippen LogP) is 3.24. The lowest BCUT2D eigenvalue weighted by molar-refractivity contribution is 0.411. The van der Waals surface area contributed by atoms with Gasteiger partial charge in [-0.25, -0.2) is 4.98 Å². The van der Waals surface area contributed by atoms with E-state index in [1.807, 2.05) is 31.6 Å². The fraction of sp³-hybridized carbons (Fsp3) is 0.438. The van der Waals surface area contributed by atoms with E-state index >= 15 is 0 Å². The van der Waals surface area contributed by atoms with Crippen molar-refractivity contribution in [3.05, 3.63) is 42.0 Å². The van der Waals surface area contributed by atoms with Crippen LogP contribution in [0.5, 0.6) is 5.75 Å². The van der Waals surface area contributed by atoms with Gasteiger partial charge in [-0.3, -0.25) is 0 Å². The molecule has 0 aliphatic heterocycles. The molecular formula is C16H23N3O. The highest BCUT2D eigenvalue weighted by molar-refractivity contribution is 5.44. The number of hydrogen-bond acceptors (Lipinski definition) is 3. The number of methoxy groups -OCH3 is 1. The van der Waals surface area contributed by atoms with Gasteiger partial charge in [0, 0.05) is 11.7 Å². The van der Waals surface area contributed by atoms with Gasteiger partial charge in [0.05, 0.1) is 25.3 Å². The van der Waals surface area contributed by atoms with E-state index in [-0.39, 0.29) is 6.04 Å². The van der Waals surface area contributed by atoms with E-state index in [2.05, 4.69) is 29.5 Å². The number of imidazole rings is 1. The maximum Gasteiger partial charge on any atom is 0.121 e. The van der Waals surface area contributed by atoms with Crippen LogP contribution in [0.2, 0.25) is 0 Å². The molecule has 0 aliphatic carbocycles. The van der Waals surface area contributed by atoms with Gasteiger partial charge in [-0.15, -0.1) is 0 Å². The molecule has 0 radical (unpaired) electrons. The van der Waals surface area contributed by atoms with Crippen LogP contribution in [0.4, 0.5) is 0 Å². The minimum absolute atomic E-state index is 0.0000854. The average Bonchev–Trinajstić information content (AvgIpc) is 2.87. The van der Waals surface area contributed by atoms with Gasteiger partial charge in [0.25, 0.3) is 0 Å². The highest BCUT2D eigenvalue weighted by Crippen LogP contribution is 2.25. The van der Waals surface area contributed by atoms with Gasteiger partial charge in [-0.2, -0.15) is 0 Å². The number of nitrogens with zero attached hydrogens (tertiary/aromatic N) is 2.